The molecule has 0 spiro atoms. The van der Waals surface area contributed by atoms with Crippen LogP contribution in [0.3, 0.4) is 0 Å². The molecule has 90 heavy (non-hydrogen) atoms. The summed E-state index contributed by atoms with van der Waals surface area (Å²) in [5, 5.41) is 11.4. The van der Waals surface area contributed by atoms with E-state index in [-0.39, 0.29) is 39.6 Å². The molecular formula is C68H98N4O18. The number of hydrogen-bond donors (Lipinski definition) is 4. The van der Waals surface area contributed by atoms with E-state index in [2.05, 4.69) is 21.3 Å². The molecule has 0 atom stereocenters. The van der Waals surface area contributed by atoms with Crippen LogP contribution in [0.2, 0.25) is 0 Å². The Kier molecular flexibility index (Phi) is 29.5. The molecule has 0 aliphatic heterocycles. The summed E-state index contributed by atoms with van der Waals surface area (Å²) in [6.45, 7) is 28.1. The number of unbranched alkanes of at least 4 members (excludes halogenated alkanes) is 6. The number of alkyl carbamates (subject to hydrolysis) is 2. The van der Waals surface area contributed by atoms with Crippen molar-refractivity contribution in [3.63, 3.8) is 0 Å². The van der Waals surface area contributed by atoms with Gasteiger partial charge >= 0.3 is 48.0 Å². The molecule has 22 nitrogen and oxygen atoms in total. The Labute approximate surface area is 531 Å². The Morgan fingerprint density at radius 2 is 0.667 bits per heavy atom. The zero-order valence-corrected chi connectivity index (χ0v) is 55.7. The summed E-state index contributed by atoms with van der Waals surface area (Å²) in [5.41, 5.74) is -2.17. The number of hydrogen-bond acceptors (Lipinski definition) is 18. The van der Waals surface area contributed by atoms with Gasteiger partial charge in [-0.3, -0.25) is 28.8 Å². The van der Waals surface area contributed by atoms with Crippen LogP contribution < -0.4 is 21.3 Å². The largest absolute Gasteiger partial charge is 0.465 e. The van der Waals surface area contributed by atoms with Crippen molar-refractivity contribution in [1.29, 1.82) is 0 Å². The monoisotopic (exact) mass is 1260 g/mol. The normalized spacial score (nSPS) is 12.0. The summed E-state index contributed by atoms with van der Waals surface area (Å²) in [6, 6.07) is 20.5. The maximum absolute atomic E-state index is 13.3. The first kappa shape index (κ1) is 76.2. The van der Waals surface area contributed by atoms with Gasteiger partial charge in [0.15, 0.2) is 0 Å². The fourth-order valence-electron chi connectivity index (χ4n) is 9.57. The van der Waals surface area contributed by atoms with Crippen molar-refractivity contribution in [2.24, 2.45) is 11.8 Å². The third-order valence-electron chi connectivity index (χ3n) is 14.8. The van der Waals surface area contributed by atoms with Gasteiger partial charge in [0.25, 0.3) is 0 Å². The average Bonchev–Trinajstić information content (AvgIpc) is 1.39. The van der Waals surface area contributed by atoms with Crippen LogP contribution in [0.25, 0.3) is 0 Å². The van der Waals surface area contributed by atoms with Crippen LogP contribution in [0.4, 0.5) is 9.59 Å². The number of rotatable bonds is 36. The standard InChI is InChI=1S/C68H98N4O18/c1-17-83-57(77)51(58(78)84-18-2)53(73)69-65(9,10)47-31-29-33-49(43-47)67(13,14)71-61(81)88-42-28-24-22-25-39-63(5,6)89-56(76)46-37-35-45(36-38-46)55(75)87-41-27-23-21-26-40-64(7,8)90-62(82)72-68(15,16)50-34-30-32-48(44-50)66(11,12)70-54(74)52(59(79)85-19-3)60(80)86-20-4/h29-38,43-44,51-52H,17-28,39-42H2,1-16H3,(H,69,73)(H,70,74)(H,71,81)(H,72,82). The van der Waals surface area contributed by atoms with E-state index in [1.54, 1.807) is 79.7 Å². The van der Waals surface area contributed by atoms with Gasteiger partial charge in [-0.25, -0.2) is 19.2 Å². The van der Waals surface area contributed by atoms with Gasteiger partial charge < -0.3 is 59.2 Å². The minimum absolute atomic E-state index is 0.0207. The zero-order valence-electron chi connectivity index (χ0n) is 55.7. The van der Waals surface area contributed by atoms with Crippen molar-refractivity contribution < 1.29 is 85.8 Å². The Balaban J connectivity index is 1.35. The molecule has 3 aromatic carbocycles. The van der Waals surface area contributed by atoms with E-state index in [0.717, 1.165) is 38.5 Å². The Morgan fingerprint density at radius 3 is 1.03 bits per heavy atom. The zero-order chi connectivity index (χ0) is 67.7. The highest BCUT2D eigenvalue weighted by atomic mass is 16.6. The van der Waals surface area contributed by atoms with Crippen LogP contribution in [-0.2, 0) is 88.8 Å². The predicted molar refractivity (Wildman–Crippen MR) is 335 cm³/mol. The molecule has 0 fully saturated rings. The molecule has 0 aliphatic carbocycles. The minimum Gasteiger partial charge on any atom is -0.465 e. The van der Waals surface area contributed by atoms with Crippen molar-refractivity contribution in [3.8, 4) is 0 Å². The molecule has 0 unspecified atom stereocenters. The summed E-state index contributed by atoms with van der Waals surface area (Å²) in [4.78, 5) is 129. The lowest BCUT2D eigenvalue weighted by atomic mass is 9.87. The summed E-state index contributed by atoms with van der Waals surface area (Å²) >= 11 is 0. The molecule has 0 saturated heterocycles. The van der Waals surface area contributed by atoms with Crippen molar-refractivity contribution >= 4 is 59.8 Å². The van der Waals surface area contributed by atoms with Gasteiger partial charge in [0, 0.05) is 0 Å². The first-order chi connectivity index (χ1) is 42.0. The van der Waals surface area contributed by atoms with E-state index in [9.17, 15) is 47.9 Å². The van der Waals surface area contributed by atoms with Gasteiger partial charge in [0.05, 0.1) is 72.9 Å². The third-order valence-corrected chi connectivity index (χ3v) is 14.8. The smallest absolute Gasteiger partial charge is 0.408 e. The molecule has 4 N–H and O–H groups in total. The second-order valence-corrected chi connectivity index (χ2v) is 25.2. The van der Waals surface area contributed by atoms with E-state index < -0.39 is 105 Å². The highest BCUT2D eigenvalue weighted by molar-refractivity contribution is 6.15. The van der Waals surface area contributed by atoms with Crippen LogP contribution >= 0.6 is 0 Å². The van der Waals surface area contributed by atoms with Crippen molar-refractivity contribution in [3.05, 3.63) is 106 Å². The molecule has 4 amide bonds. The molecule has 22 heteroatoms. The molecule has 0 bridgehead atoms. The second kappa shape index (κ2) is 34.8. The lowest BCUT2D eigenvalue weighted by Crippen LogP contribution is -2.49. The molecule has 498 valence electrons. The molecule has 0 aromatic heterocycles. The van der Waals surface area contributed by atoms with Gasteiger partial charge in [-0.05, 0) is 196 Å². The summed E-state index contributed by atoms with van der Waals surface area (Å²) in [7, 11) is 0. The fourth-order valence-corrected chi connectivity index (χ4v) is 9.57. The van der Waals surface area contributed by atoms with E-state index in [1.807, 2.05) is 79.7 Å². The molecular weight excluding hydrogens is 1160 g/mol. The van der Waals surface area contributed by atoms with E-state index in [0.29, 0.717) is 59.1 Å². The molecule has 3 rings (SSSR count). The number of carbonyl (C=O) groups is 10. The van der Waals surface area contributed by atoms with E-state index >= 15 is 0 Å². The minimum atomic E-state index is -1.79. The fraction of sp³-hybridized carbons (Fsp3) is 0.588. The molecule has 0 heterocycles. The first-order valence-corrected chi connectivity index (χ1v) is 31.0. The molecule has 0 radical (unpaired) electrons. The number of ether oxygens (including phenoxy) is 8. The third kappa shape index (κ3) is 24.7. The van der Waals surface area contributed by atoms with Gasteiger partial charge in [-0.15, -0.1) is 0 Å². The van der Waals surface area contributed by atoms with Crippen molar-refractivity contribution in [2.75, 3.05) is 39.6 Å². The van der Waals surface area contributed by atoms with Crippen molar-refractivity contribution in [2.45, 2.75) is 208 Å². The number of carbonyl (C=O) groups excluding carboxylic acids is 10. The van der Waals surface area contributed by atoms with Crippen LogP contribution in [0.5, 0.6) is 0 Å². The number of amides is 4. The van der Waals surface area contributed by atoms with Gasteiger partial charge in [0.2, 0.25) is 23.7 Å². The quantitative estimate of drug-likeness (QED) is 0.0182. The van der Waals surface area contributed by atoms with E-state index in [1.165, 1.54) is 24.3 Å². The number of nitrogens with one attached hydrogen (secondary N) is 4. The summed E-state index contributed by atoms with van der Waals surface area (Å²) in [5.74, 6) is -10.4. The summed E-state index contributed by atoms with van der Waals surface area (Å²) in [6.07, 6.45) is 5.83. The maximum Gasteiger partial charge on any atom is 0.408 e. The first-order valence-electron chi connectivity index (χ1n) is 31.0. The number of benzene rings is 3. The van der Waals surface area contributed by atoms with Crippen LogP contribution in [0, 0.1) is 11.8 Å². The van der Waals surface area contributed by atoms with Crippen molar-refractivity contribution in [1.82, 2.24) is 21.3 Å². The molecule has 3 aromatic rings. The highest BCUT2D eigenvalue weighted by Gasteiger charge is 2.42. The van der Waals surface area contributed by atoms with E-state index in [4.69, 9.17) is 37.9 Å². The van der Waals surface area contributed by atoms with Gasteiger partial charge in [0.1, 0.15) is 11.2 Å². The molecule has 0 aliphatic rings. The van der Waals surface area contributed by atoms with Crippen LogP contribution in [0.15, 0.2) is 72.8 Å². The highest BCUT2D eigenvalue weighted by Crippen LogP contribution is 2.31. The Bertz CT molecular complexity index is 2890. The van der Waals surface area contributed by atoms with Crippen LogP contribution in [0.1, 0.15) is 218 Å². The predicted octanol–water partition coefficient (Wildman–Crippen LogP) is 11.0. The summed E-state index contributed by atoms with van der Waals surface area (Å²) < 4.78 is 42.6. The lowest BCUT2D eigenvalue weighted by Gasteiger charge is -2.33. The van der Waals surface area contributed by atoms with Crippen LogP contribution in [-0.4, -0.2) is 111 Å². The molecule has 0 saturated carbocycles. The SMILES string of the molecule is CCOC(=O)C(C(=O)NC(C)(C)c1cccc(C(C)(C)NC(=O)OCCCCCCC(C)(C)OC(=O)c2ccc(C(=O)OCCCCCCC(C)(C)OC(=O)NC(C)(C)c3cccc(C(C)(C)NC(=O)C(C(=O)OCC)C(=O)OCC)c3)cc2)c1)C(=O)OCC. The Hall–Kier alpha value is -8.04. The second-order valence-electron chi connectivity index (χ2n) is 25.2. The maximum atomic E-state index is 13.3. The van der Waals surface area contributed by atoms with Gasteiger partial charge in [-0.1, -0.05) is 74.2 Å². The average molecular weight is 1260 g/mol. The topological polar surface area (TPSA) is 293 Å². The number of esters is 6. The Morgan fingerprint density at radius 1 is 0.356 bits per heavy atom. The van der Waals surface area contributed by atoms with Gasteiger partial charge in [-0.2, -0.15) is 0 Å². The lowest BCUT2D eigenvalue weighted by molar-refractivity contribution is -0.167.